The lowest BCUT2D eigenvalue weighted by molar-refractivity contribution is -0.142. The topological polar surface area (TPSA) is 84.2 Å². The Morgan fingerprint density at radius 2 is 1.78 bits per heavy atom. The van der Waals surface area contributed by atoms with E-state index in [1.165, 1.54) is 0 Å². The summed E-state index contributed by atoms with van der Waals surface area (Å²) in [4.78, 5) is 23.8. The molecular weight excluding hydrogens is 294 g/mol. The molecule has 2 N–H and O–H groups in total. The van der Waals surface area contributed by atoms with Crippen LogP contribution in [0.15, 0.2) is 42.6 Å². The van der Waals surface area contributed by atoms with Gasteiger partial charge < -0.3 is 10.4 Å². The SMILES string of the molecule is CC(C(=O)O)C(NC(=O)c1ccn(C(C)C)n1)c1ccccc1. The minimum Gasteiger partial charge on any atom is -0.481 e. The molecule has 1 heterocycles. The smallest absolute Gasteiger partial charge is 0.308 e. The number of carbonyl (C=O) groups is 2. The van der Waals surface area contributed by atoms with Crippen molar-refractivity contribution in [3.63, 3.8) is 0 Å². The molecule has 0 saturated heterocycles. The second-order valence-corrected chi connectivity index (χ2v) is 5.76. The maximum absolute atomic E-state index is 12.4. The summed E-state index contributed by atoms with van der Waals surface area (Å²) >= 11 is 0. The zero-order valence-electron chi connectivity index (χ0n) is 13.4. The van der Waals surface area contributed by atoms with E-state index in [2.05, 4.69) is 10.4 Å². The third-order valence-corrected chi connectivity index (χ3v) is 3.70. The first-order chi connectivity index (χ1) is 10.9. The summed E-state index contributed by atoms with van der Waals surface area (Å²) in [5.41, 5.74) is 1.02. The minimum absolute atomic E-state index is 0.152. The highest BCUT2D eigenvalue weighted by Gasteiger charge is 2.27. The molecule has 2 unspecified atom stereocenters. The van der Waals surface area contributed by atoms with Crippen molar-refractivity contribution in [2.45, 2.75) is 32.9 Å². The van der Waals surface area contributed by atoms with Crippen molar-refractivity contribution in [1.82, 2.24) is 15.1 Å². The van der Waals surface area contributed by atoms with Crippen LogP contribution in [0.4, 0.5) is 0 Å². The number of rotatable bonds is 6. The van der Waals surface area contributed by atoms with Crippen LogP contribution in [0.25, 0.3) is 0 Å². The molecule has 6 heteroatoms. The highest BCUT2D eigenvalue weighted by Crippen LogP contribution is 2.22. The van der Waals surface area contributed by atoms with Crippen LogP contribution in [0, 0.1) is 5.92 Å². The normalized spacial score (nSPS) is 13.6. The summed E-state index contributed by atoms with van der Waals surface area (Å²) in [5, 5.41) is 16.3. The van der Waals surface area contributed by atoms with Gasteiger partial charge in [0.1, 0.15) is 5.69 Å². The Bertz CT molecular complexity index is 679. The molecule has 0 saturated carbocycles. The molecule has 0 radical (unpaired) electrons. The van der Waals surface area contributed by atoms with Crippen LogP contribution in [0.2, 0.25) is 0 Å². The fraction of sp³-hybridized carbons (Fsp3) is 0.353. The van der Waals surface area contributed by atoms with Crippen LogP contribution in [-0.4, -0.2) is 26.8 Å². The molecule has 0 fully saturated rings. The molecule has 0 aliphatic rings. The Labute approximate surface area is 135 Å². The fourth-order valence-corrected chi connectivity index (χ4v) is 2.26. The quantitative estimate of drug-likeness (QED) is 0.858. The third kappa shape index (κ3) is 3.97. The first kappa shape index (κ1) is 16.7. The molecule has 1 aromatic heterocycles. The van der Waals surface area contributed by atoms with Crippen molar-refractivity contribution in [1.29, 1.82) is 0 Å². The van der Waals surface area contributed by atoms with Crippen LogP contribution in [-0.2, 0) is 4.79 Å². The number of nitrogens with one attached hydrogen (secondary N) is 1. The van der Waals surface area contributed by atoms with Crippen LogP contribution in [0.3, 0.4) is 0 Å². The summed E-state index contributed by atoms with van der Waals surface area (Å²) in [6.07, 6.45) is 1.73. The monoisotopic (exact) mass is 315 g/mol. The van der Waals surface area contributed by atoms with E-state index in [-0.39, 0.29) is 17.6 Å². The number of aromatic nitrogens is 2. The highest BCUT2D eigenvalue weighted by atomic mass is 16.4. The lowest BCUT2D eigenvalue weighted by Crippen LogP contribution is -2.35. The number of carbonyl (C=O) groups excluding carboxylic acids is 1. The van der Waals surface area contributed by atoms with Gasteiger partial charge in [-0.3, -0.25) is 14.3 Å². The summed E-state index contributed by atoms with van der Waals surface area (Å²) in [6.45, 7) is 5.51. The zero-order valence-corrected chi connectivity index (χ0v) is 13.4. The molecule has 1 aromatic carbocycles. The van der Waals surface area contributed by atoms with Gasteiger partial charge in [-0.15, -0.1) is 0 Å². The van der Waals surface area contributed by atoms with Crippen molar-refractivity contribution >= 4 is 11.9 Å². The summed E-state index contributed by atoms with van der Waals surface area (Å²) < 4.78 is 1.69. The fourth-order valence-electron chi connectivity index (χ4n) is 2.26. The number of hydrogen-bond acceptors (Lipinski definition) is 3. The average molecular weight is 315 g/mol. The van der Waals surface area contributed by atoms with Gasteiger partial charge in [-0.1, -0.05) is 30.3 Å². The van der Waals surface area contributed by atoms with E-state index >= 15 is 0 Å². The molecular formula is C17H21N3O3. The number of aliphatic carboxylic acids is 1. The molecule has 0 spiro atoms. The standard InChI is InChI=1S/C17H21N3O3/c1-11(2)20-10-9-14(19-20)16(21)18-15(12(3)17(22)23)13-7-5-4-6-8-13/h4-12,15H,1-3H3,(H,18,21)(H,22,23). The van der Waals surface area contributed by atoms with Gasteiger partial charge in [0, 0.05) is 12.2 Å². The maximum Gasteiger partial charge on any atom is 0.308 e. The number of carboxylic acid groups (broad SMARTS) is 1. The first-order valence-electron chi connectivity index (χ1n) is 7.54. The number of benzene rings is 1. The van der Waals surface area contributed by atoms with Crippen molar-refractivity contribution in [3.05, 3.63) is 53.9 Å². The second-order valence-electron chi connectivity index (χ2n) is 5.76. The largest absolute Gasteiger partial charge is 0.481 e. The van der Waals surface area contributed by atoms with Gasteiger partial charge in [-0.2, -0.15) is 5.10 Å². The van der Waals surface area contributed by atoms with Crippen molar-refractivity contribution in [2.24, 2.45) is 5.92 Å². The minimum atomic E-state index is -0.966. The Morgan fingerprint density at radius 3 is 2.30 bits per heavy atom. The molecule has 0 aliphatic carbocycles. The summed E-state index contributed by atoms with van der Waals surface area (Å²) in [7, 11) is 0. The van der Waals surface area contributed by atoms with E-state index in [4.69, 9.17) is 0 Å². The maximum atomic E-state index is 12.4. The molecule has 1 amide bonds. The average Bonchev–Trinajstić information content (AvgIpc) is 3.03. The van der Waals surface area contributed by atoms with Gasteiger partial charge in [0.25, 0.3) is 5.91 Å². The van der Waals surface area contributed by atoms with Crippen molar-refractivity contribution in [3.8, 4) is 0 Å². The van der Waals surface area contributed by atoms with Crippen LogP contribution in [0.5, 0.6) is 0 Å². The van der Waals surface area contributed by atoms with Gasteiger partial charge in [0.05, 0.1) is 12.0 Å². The lowest BCUT2D eigenvalue weighted by Gasteiger charge is -2.22. The molecule has 2 rings (SSSR count). The van der Waals surface area contributed by atoms with E-state index in [0.717, 1.165) is 5.56 Å². The van der Waals surface area contributed by atoms with Crippen LogP contribution >= 0.6 is 0 Å². The molecule has 122 valence electrons. The van der Waals surface area contributed by atoms with E-state index in [0.29, 0.717) is 0 Å². The predicted octanol–water partition coefficient (Wildman–Crippen LogP) is 2.66. The Hall–Kier alpha value is -2.63. The Kier molecular flexibility index (Phi) is 5.16. The van der Waals surface area contributed by atoms with E-state index < -0.39 is 17.9 Å². The van der Waals surface area contributed by atoms with Gasteiger partial charge in [-0.05, 0) is 32.4 Å². The predicted molar refractivity (Wildman–Crippen MR) is 86.1 cm³/mol. The van der Waals surface area contributed by atoms with Crippen LogP contribution < -0.4 is 5.32 Å². The highest BCUT2D eigenvalue weighted by molar-refractivity contribution is 5.92. The molecule has 6 nitrogen and oxygen atoms in total. The summed E-state index contributed by atoms with van der Waals surface area (Å²) in [6, 6.07) is 10.2. The third-order valence-electron chi connectivity index (χ3n) is 3.70. The number of amides is 1. The molecule has 2 atom stereocenters. The number of hydrogen-bond donors (Lipinski definition) is 2. The molecule has 2 aromatic rings. The van der Waals surface area contributed by atoms with E-state index in [9.17, 15) is 14.7 Å². The Morgan fingerprint density at radius 1 is 1.13 bits per heavy atom. The van der Waals surface area contributed by atoms with Gasteiger partial charge in [-0.25, -0.2) is 0 Å². The van der Waals surface area contributed by atoms with E-state index in [1.807, 2.05) is 32.0 Å². The summed E-state index contributed by atoms with van der Waals surface area (Å²) in [5.74, 6) is -2.10. The molecule has 0 bridgehead atoms. The number of nitrogens with zero attached hydrogens (tertiary/aromatic N) is 2. The van der Waals surface area contributed by atoms with Gasteiger partial charge in [0.2, 0.25) is 0 Å². The Balaban J connectivity index is 2.23. The van der Waals surface area contributed by atoms with Crippen molar-refractivity contribution in [2.75, 3.05) is 0 Å². The van der Waals surface area contributed by atoms with Gasteiger partial charge >= 0.3 is 5.97 Å². The van der Waals surface area contributed by atoms with Gasteiger partial charge in [0.15, 0.2) is 0 Å². The molecule has 23 heavy (non-hydrogen) atoms. The van der Waals surface area contributed by atoms with Crippen molar-refractivity contribution < 1.29 is 14.7 Å². The number of carboxylic acids is 1. The first-order valence-corrected chi connectivity index (χ1v) is 7.54. The van der Waals surface area contributed by atoms with E-state index in [1.54, 1.807) is 36.0 Å². The van der Waals surface area contributed by atoms with Crippen LogP contribution in [0.1, 0.15) is 48.9 Å². The zero-order chi connectivity index (χ0) is 17.0. The lowest BCUT2D eigenvalue weighted by atomic mass is 9.94. The molecule has 0 aliphatic heterocycles. The second kappa shape index (κ2) is 7.09.